The van der Waals surface area contributed by atoms with E-state index in [0.29, 0.717) is 12.6 Å². The average Bonchev–Trinajstić information content (AvgIpc) is 3.11. The number of pyridine rings is 1. The first-order valence-electron chi connectivity index (χ1n) is 6.14. The van der Waals surface area contributed by atoms with Crippen LogP contribution in [0.3, 0.4) is 0 Å². The van der Waals surface area contributed by atoms with Gasteiger partial charge in [0, 0.05) is 31.0 Å². The lowest BCUT2D eigenvalue weighted by atomic mass is 10.0. The molecule has 1 aromatic rings. The Morgan fingerprint density at radius 2 is 2.31 bits per heavy atom. The molecule has 0 radical (unpaired) electrons. The molecule has 0 amide bonds. The van der Waals surface area contributed by atoms with Gasteiger partial charge in [0.2, 0.25) is 0 Å². The van der Waals surface area contributed by atoms with Crippen molar-refractivity contribution in [3.8, 4) is 0 Å². The summed E-state index contributed by atoms with van der Waals surface area (Å²) < 4.78 is 0. The fraction of sp³-hybridized carbons (Fsp3) is 0.615. The number of hydrogen-bond donors (Lipinski definition) is 1. The summed E-state index contributed by atoms with van der Waals surface area (Å²) in [6, 6.07) is 3.16. The van der Waals surface area contributed by atoms with Crippen molar-refractivity contribution >= 4 is 0 Å². The van der Waals surface area contributed by atoms with Gasteiger partial charge in [-0.3, -0.25) is 9.88 Å². The van der Waals surface area contributed by atoms with Gasteiger partial charge >= 0.3 is 0 Å². The minimum atomic E-state index is 0.339. The lowest BCUT2D eigenvalue weighted by Gasteiger charge is -2.30. The van der Waals surface area contributed by atoms with Crippen LogP contribution < -0.4 is 5.73 Å². The maximum absolute atomic E-state index is 5.95. The summed E-state index contributed by atoms with van der Waals surface area (Å²) >= 11 is 0. The van der Waals surface area contributed by atoms with Gasteiger partial charge in [-0.15, -0.1) is 0 Å². The van der Waals surface area contributed by atoms with Crippen LogP contribution in [0.4, 0.5) is 0 Å². The highest BCUT2D eigenvalue weighted by atomic mass is 15.2. The predicted molar refractivity (Wildman–Crippen MR) is 66.2 cm³/mol. The first kappa shape index (κ1) is 11.6. The third-order valence-corrected chi connectivity index (χ3v) is 3.44. The van der Waals surface area contributed by atoms with Crippen LogP contribution in [0.2, 0.25) is 0 Å². The summed E-state index contributed by atoms with van der Waals surface area (Å²) in [5.74, 6) is 0. The molecule has 0 saturated heterocycles. The van der Waals surface area contributed by atoms with E-state index in [9.17, 15) is 0 Å². The number of aromatic nitrogens is 1. The molecule has 1 atom stereocenters. The second-order valence-corrected chi connectivity index (χ2v) is 4.55. The van der Waals surface area contributed by atoms with E-state index < -0.39 is 0 Å². The monoisotopic (exact) mass is 219 g/mol. The molecule has 0 aromatic carbocycles. The summed E-state index contributed by atoms with van der Waals surface area (Å²) in [6.45, 7) is 6.10. The minimum absolute atomic E-state index is 0.339. The second kappa shape index (κ2) is 4.93. The molecule has 1 heterocycles. The molecule has 0 spiro atoms. The third kappa shape index (κ3) is 2.25. The first-order chi connectivity index (χ1) is 7.77. The van der Waals surface area contributed by atoms with Gasteiger partial charge in [-0.25, -0.2) is 0 Å². The van der Waals surface area contributed by atoms with Crippen molar-refractivity contribution in [2.45, 2.75) is 38.8 Å². The van der Waals surface area contributed by atoms with E-state index in [2.05, 4.69) is 29.8 Å². The van der Waals surface area contributed by atoms with Gasteiger partial charge in [0.1, 0.15) is 0 Å². The van der Waals surface area contributed by atoms with E-state index >= 15 is 0 Å². The van der Waals surface area contributed by atoms with Crippen molar-refractivity contribution in [2.24, 2.45) is 5.73 Å². The van der Waals surface area contributed by atoms with E-state index in [-0.39, 0.29) is 0 Å². The summed E-state index contributed by atoms with van der Waals surface area (Å²) in [7, 11) is 0. The SMILES string of the molecule is CCN(C1CC1)C(CN)c1cnccc1C. The molecule has 2 N–H and O–H groups in total. The Kier molecular flexibility index (Phi) is 3.56. The summed E-state index contributed by atoms with van der Waals surface area (Å²) in [5, 5.41) is 0. The van der Waals surface area contributed by atoms with Crippen molar-refractivity contribution in [1.82, 2.24) is 9.88 Å². The van der Waals surface area contributed by atoms with Gasteiger partial charge < -0.3 is 5.73 Å². The van der Waals surface area contributed by atoms with Crippen LogP contribution in [0.15, 0.2) is 18.5 Å². The van der Waals surface area contributed by atoms with Gasteiger partial charge in [-0.1, -0.05) is 6.92 Å². The maximum Gasteiger partial charge on any atom is 0.0491 e. The van der Waals surface area contributed by atoms with Crippen LogP contribution in [0.1, 0.15) is 36.9 Å². The fourth-order valence-electron chi connectivity index (χ4n) is 2.41. The van der Waals surface area contributed by atoms with E-state index in [0.717, 1.165) is 12.6 Å². The van der Waals surface area contributed by atoms with Crippen LogP contribution in [0.5, 0.6) is 0 Å². The molecule has 3 nitrogen and oxygen atoms in total. The lowest BCUT2D eigenvalue weighted by molar-refractivity contribution is 0.201. The Balaban J connectivity index is 2.23. The standard InChI is InChI=1S/C13H21N3/c1-3-16(11-4-5-11)13(8-14)12-9-15-7-6-10(12)2/h6-7,9,11,13H,3-5,8,14H2,1-2H3. The van der Waals surface area contributed by atoms with Crippen LogP contribution in [0.25, 0.3) is 0 Å². The van der Waals surface area contributed by atoms with Crippen molar-refractivity contribution in [3.05, 3.63) is 29.6 Å². The van der Waals surface area contributed by atoms with E-state index in [4.69, 9.17) is 5.73 Å². The number of aryl methyl sites for hydroxylation is 1. The molecule has 88 valence electrons. The van der Waals surface area contributed by atoms with Gasteiger partial charge in [-0.2, -0.15) is 0 Å². The molecular formula is C13H21N3. The highest BCUT2D eigenvalue weighted by Crippen LogP contribution is 2.34. The molecule has 16 heavy (non-hydrogen) atoms. The predicted octanol–water partition coefficient (Wildman–Crippen LogP) is 1.87. The normalized spacial score (nSPS) is 17.8. The smallest absolute Gasteiger partial charge is 0.0491 e. The molecule has 1 fully saturated rings. The maximum atomic E-state index is 5.95. The van der Waals surface area contributed by atoms with Crippen LogP contribution in [-0.4, -0.2) is 29.0 Å². The molecule has 2 rings (SSSR count). The molecule has 1 aliphatic rings. The van der Waals surface area contributed by atoms with Crippen LogP contribution in [-0.2, 0) is 0 Å². The third-order valence-electron chi connectivity index (χ3n) is 3.44. The van der Waals surface area contributed by atoms with Crippen molar-refractivity contribution in [3.63, 3.8) is 0 Å². The quantitative estimate of drug-likeness (QED) is 0.822. The Labute approximate surface area is 97.7 Å². The molecule has 1 unspecified atom stereocenters. The van der Waals surface area contributed by atoms with Crippen LogP contribution in [0, 0.1) is 6.92 Å². The van der Waals surface area contributed by atoms with Crippen molar-refractivity contribution in [1.29, 1.82) is 0 Å². The Morgan fingerprint density at radius 1 is 1.56 bits per heavy atom. The minimum Gasteiger partial charge on any atom is -0.329 e. The molecule has 1 aliphatic carbocycles. The highest BCUT2D eigenvalue weighted by Gasteiger charge is 2.33. The summed E-state index contributed by atoms with van der Waals surface area (Å²) in [5.41, 5.74) is 8.53. The highest BCUT2D eigenvalue weighted by molar-refractivity contribution is 5.26. The first-order valence-corrected chi connectivity index (χ1v) is 6.14. The number of rotatable bonds is 5. The molecule has 1 aromatic heterocycles. The number of nitrogens with two attached hydrogens (primary N) is 1. The lowest BCUT2D eigenvalue weighted by Crippen LogP contribution is -2.35. The largest absolute Gasteiger partial charge is 0.329 e. The van der Waals surface area contributed by atoms with Gasteiger partial charge in [0.25, 0.3) is 0 Å². The average molecular weight is 219 g/mol. The van der Waals surface area contributed by atoms with Gasteiger partial charge in [0.05, 0.1) is 0 Å². The summed E-state index contributed by atoms with van der Waals surface area (Å²) in [6.07, 6.45) is 6.46. The Morgan fingerprint density at radius 3 is 2.81 bits per heavy atom. The molecule has 0 aliphatic heterocycles. The second-order valence-electron chi connectivity index (χ2n) is 4.55. The number of nitrogens with zero attached hydrogens (tertiary/aromatic N) is 2. The zero-order valence-corrected chi connectivity index (χ0v) is 10.2. The number of likely N-dealkylation sites (N-methyl/N-ethyl adjacent to an activating group) is 1. The molecular weight excluding hydrogens is 198 g/mol. The summed E-state index contributed by atoms with van der Waals surface area (Å²) in [4.78, 5) is 6.75. The van der Waals surface area contributed by atoms with Crippen molar-refractivity contribution < 1.29 is 0 Å². The van der Waals surface area contributed by atoms with Gasteiger partial charge in [-0.05, 0) is 43.5 Å². The molecule has 1 saturated carbocycles. The van der Waals surface area contributed by atoms with E-state index in [1.54, 1.807) is 0 Å². The topological polar surface area (TPSA) is 42.1 Å². The van der Waals surface area contributed by atoms with Gasteiger partial charge in [0.15, 0.2) is 0 Å². The van der Waals surface area contributed by atoms with E-state index in [1.165, 1.54) is 24.0 Å². The van der Waals surface area contributed by atoms with Crippen molar-refractivity contribution in [2.75, 3.05) is 13.1 Å². The molecule has 0 bridgehead atoms. The Bertz CT molecular complexity index is 347. The Hall–Kier alpha value is -0.930. The van der Waals surface area contributed by atoms with E-state index in [1.807, 2.05) is 12.4 Å². The molecule has 3 heteroatoms. The number of hydrogen-bond acceptors (Lipinski definition) is 3. The van der Waals surface area contributed by atoms with Crippen LogP contribution >= 0.6 is 0 Å². The fourth-order valence-corrected chi connectivity index (χ4v) is 2.41. The zero-order chi connectivity index (χ0) is 11.5. The zero-order valence-electron chi connectivity index (χ0n) is 10.2.